The first-order valence-electron chi connectivity index (χ1n) is 10.5. The van der Waals surface area contributed by atoms with Gasteiger partial charge in [-0.1, -0.05) is 0 Å². The van der Waals surface area contributed by atoms with Gasteiger partial charge in [0.15, 0.2) is 18.9 Å². The van der Waals surface area contributed by atoms with Gasteiger partial charge in [-0.25, -0.2) is 0 Å². The second kappa shape index (κ2) is 13.2. The van der Waals surface area contributed by atoms with E-state index in [9.17, 15) is 0 Å². The highest BCUT2D eigenvalue weighted by atomic mass is 35.5. The molecule has 0 saturated heterocycles. The van der Waals surface area contributed by atoms with Gasteiger partial charge in [-0.15, -0.1) is 34.8 Å². The molecule has 0 aliphatic rings. The lowest BCUT2D eigenvalue weighted by atomic mass is 10.2. The maximum absolute atomic E-state index is 6.34. The molecule has 0 aliphatic heterocycles. The minimum atomic E-state index is -2.06. The summed E-state index contributed by atoms with van der Waals surface area (Å²) in [6.07, 6.45) is -2.43. The Morgan fingerprint density at radius 1 is 0.484 bits per heavy atom. The van der Waals surface area contributed by atoms with E-state index in [0.29, 0.717) is 0 Å². The van der Waals surface area contributed by atoms with Gasteiger partial charge in [0, 0.05) is 0 Å². The maximum Gasteiger partial charge on any atom is 0.340 e. The zero-order valence-electron chi connectivity index (χ0n) is 21.0. The molecule has 0 rings (SSSR count). The van der Waals surface area contributed by atoms with Crippen LogP contribution in [0.5, 0.6) is 0 Å². The minimum absolute atomic E-state index is 0.484. The summed E-state index contributed by atoms with van der Waals surface area (Å²) in [6.45, 7) is 22.5. The summed E-state index contributed by atoms with van der Waals surface area (Å²) in [5.74, 6) is 0. The highest BCUT2D eigenvalue weighted by Gasteiger charge is 2.37. The van der Waals surface area contributed by atoms with Gasteiger partial charge in [0.25, 0.3) is 0 Å². The fraction of sp³-hybridized carbons (Fsp3) is 1.00. The molecule has 0 aromatic carbocycles. The number of hydrogen-bond donors (Lipinski definition) is 0. The fourth-order valence-corrected chi connectivity index (χ4v) is 3.83. The number of ether oxygens (including phenoxy) is 3. The minimum Gasteiger partial charge on any atom is -0.345 e. The molecule has 0 bridgehead atoms. The first-order chi connectivity index (χ1) is 13.7. The highest BCUT2D eigenvalue weighted by molar-refractivity contribution is 7.41. The molecule has 0 heterocycles. The van der Waals surface area contributed by atoms with Crippen molar-refractivity contribution in [2.75, 3.05) is 0 Å². The van der Waals surface area contributed by atoms with Crippen LogP contribution in [0.4, 0.5) is 0 Å². The van der Waals surface area contributed by atoms with Gasteiger partial charge >= 0.3 is 8.60 Å². The smallest absolute Gasteiger partial charge is 0.340 e. The summed E-state index contributed by atoms with van der Waals surface area (Å²) in [5, 5.41) is -1.45. The van der Waals surface area contributed by atoms with Crippen molar-refractivity contribution in [1.29, 1.82) is 0 Å². The van der Waals surface area contributed by atoms with Crippen molar-refractivity contribution in [2.24, 2.45) is 0 Å². The zero-order chi connectivity index (χ0) is 24.8. The molecule has 6 atom stereocenters. The lowest BCUT2D eigenvalue weighted by Crippen LogP contribution is -2.38. The molecule has 6 nitrogen and oxygen atoms in total. The second-order valence-electron chi connectivity index (χ2n) is 10.4. The van der Waals surface area contributed by atoms with Gasteiger partial charge in [-0.2, -0.15) is 0 Å². The molecule has 0 spiro atoms. The van der Waals surface area contributed by atoms with Crippen molar-refractivity contribution in [2.45, 2.75) is 135 Å². The van der Waals surface area contributed by atoms with E-state index in [-0.39, 0.29) is 0 Å². The molecule has 0 radical (unpaired) electrons. The van der Waals surface area contributed by atoms with Crippen LogP contribution in [-0.2, 0) is 27.8 Å². The fourth-order valence-electron chi connectivity index (χ4n) is 1.97. The van der Waals surface area contributed by atoms with Crippen molar-refractivity contribution in [1.82, 2.24) is 0 Å². The van der Waals surface area contributed by atoms with Gasteiger partial charge in [-0.3, -0.25) is 13.6 Å². The van der Waals surface area contributed by atoms with Crippen molar-refractivity contribution in [3.8, 4) is 0 Å². The zero-order valence-corrected chi connectivity index (χ0v) is 24.2. The van der Waals surface area contributed by atoms with Gasteiger partial charge < -0.3 is 14.2 Å². The molecular formula is C21H42Cl3O6P. The van der Waals surface area contributed by atoms with E-state index in [1.54, 1.807) is 20.8 Å². The van der Waals surface area contributed by atoms with Crippen LogP contribution in [0.25, 0.3) is 0 Å². The van der Waals surface area contributed by atoms with Crippen molar-refractivity contribution >= 4 is 43.4 Å². The topological polar surface area (TPSA) is 55.4 Å². The molecule has 6 unspecified atom stereocenters. The molecular weight excluding hydrogens is 486 g/mol. The van der Waals surface area contributed by atoms with Gasteiger partial charge in [0.05, 0.1) is 32.9 Å². The molecule has 0 aromatic heterocycles. The number of hydrogen-bond acceptors (Lipinski definition) is 6. The predicted molar refractivity (Wildman–Crippen MR) is 130 cm³/mol. The van der Waals surface area contributed by atoms with E-state index in [0.717, 1.165) is 0 Å². The van der Waals surface area contributed by atoms with Crippen LogP contribution in [0.3, 0.4) is 0 Å². The molecule has 188 valence electrons. The van der Waals surface area contributed by atoms with Crippen LogP contribution in [0, 0.1) is 0 Å². The van der Waals surface area contributed by atoms with Crippen molar-refractivity contribution in [3.05, 3.63) is 0 Å². The molecule has 0 aromatic rings. The summed E-state index contributed by atoms with van der Waals surface area (Å²) in [5.41, 5.74) is -1.51. The summed E-state index contributed by atoms with van der Waals surface area (Å²) in [7, 11) is -2.06. The lowest BCUT2D eigenvalue weighted by Gasteiger charge is -2.36. The first kappa shape index (κ1) is 32.1. The van der Waals surface area contributed by atoms with Crippen LogP contribution in [-0.4, -0.2) is 51.8 Å². The largest absolute Gasteiger partial charge is 0.345 e. The van der Waals surface area contributed by atoms with Gasteiger partial charge in [0.1, 0.15) is 0 Å². The van der Waals surface area contributed by atoms with E-state index in [1.807, 2.05) is 62.3 Å². The summed E-state index contributed by atoms with van der Waals surface area (Å²) < 4.78 is 36.1. The van der Waals surface area contributed by atoms with E-state index >= 15 is 0 Å². The second-order valence-corrected chi connectivity index (χ2v) is 13.5. The molecule has 0 amide bonds. The third-order valence-electron chi connectivity index (χ3n) is 3.10. The van der Waals surface area contributed by atoms with Crippen LogP contribution in [0.1, 0.15) is 83.1 Å². The standard InChI is InChI=1S/C21H42Cl3O6P/c1-13(22)16(25-19(4,5)6)28-31(29-17(14(2)23)26-20(7,8)9)30-18(15(3)24)27-21(10,11)12/h13-18H,1-12H3. The van der Waals surface area contributed by atoms with E-state index in [1.165, 1.54) is 0 Å². The van der Waals surface area contributed by atoms with E-state index < -0.39 is 60.4 Å². The Kier molecular flexibility index (Phi) is 13.7. The monoisotopic (exact) mass is 526 g/mol. The Labute approximate surface area is 205 Å². The Morgan fingerprint density at radius 2 is 0.677 bits per heavy atom. The molecule has 31 heavy (non-hydrogen) atoms. The van der Waals surface area contributed by atoms with Crippen LogP contribution >= 0.6 is 43.4 Å². The SMILES string of the molecule is CC(Cl)C(OP(OC(OC(C)(C)C)C(C)Cl)OC(OC(C)(C)C)C(C)Cl)OC(C)(C)C. The predicted octanol–water partition coefficient (Wildman–Crippen LogP) is 7.57. The van der Waals surface area contributed by atoms with E-state index in [2.05, 4.69) is 0 Å². The summed E-state index contributed by atoms with van der Waals surface area (Å²) in [4.78, 5) is 0. The summed E-state index contributed by atoms with van der Waals surface area (Å²) >= 11 is 19.0. The quantitative estimate of drug-likeness (QED) is 0.148. The number of halogens is 3. The highest BCUT2D eigenvalue weighted by Crippen LogP contribution is 2.48. The molecule has 0 N–H and O–H groups in total. The molecule has 0 aliphatic carbocycles. The molecule has 0 fully saturated rings. The molecule has 10 heteroatoms. The average molecular weight is 528 g/mol. The Balaban J connectivity index is 5.79. The third-order valence-corrected chi connectivity index (χ3v) is 4.86. The normalized spacial score (nSPS) is 20.6. The van der Waals surface area contributed by atoms with Crippen LogP contribution in [0.15, 0.2) is 0 Å². The van der Waals surface area contributed by atoms with Crippen LogP contribution in [0.2, 0.25) is 0 Å². The van der Waals surface area contributed by atoms with Crippen molar-refractivity contribution < 1.29 is 27.8 Å². The summed E-state index contributed by atoms with van der Waals surface area (Å²) in [6, 6.07) is 0. The Morgan fingerprint density at radius 3 is 0.806 bits per heavy atom. The van der Waals surface area contributed by atoms with Crippen molar-refractivity contribution in [3.63, 3.8) is 0 Å². The van der Waals surface area contributed by atoms with Crippen LogP contribution < -0.4 is 0 Å². The van der Waals surface area contributed by atoms with Gasteiger partial charge in [0.2, 0.25) is 0 Å². The molecule has 0 saturated carbocycles. The first-order valence-corrected chi connectivity index (χ1v) is 12.9. The third kappa shape index (κ3) is 16.3. The van der Waals surface area contributed by atoms with E-state index in [4.69, 9.17) is 62.6 Å². The Bertz CT molecular complexity index is 429. The maximum atomic E-state index is 6.34. The average Bonchev–Trinajstić information content (AvgIpc) is 2.48. The number of alkyl halides is 3. The Hall–Kier alpha value is 1.06. The lowest BCUT2D eigenvalue weighted by molar-refractivity contribution is -0.198. The van der Waals surface area contributed by atoms with Gasteiger partial charge in [-0.05, 0) is 83.1 Å². The number of rotatable bonds is 12.